The zero-order valence-electron chi connectivity index (χ0n) is 9.85. The molecule has 0 spiro atoms. The van der Waals surface area contributed by atoms with Crippen molar-refractivity contribution in [1.82, 2.24) is 9.78 Å². The summed E-state index contributed by atoms with van der Waals surface area (Å²) in [6, 6.07) is 5.84. The number of rotatable bonds is 3. The van der Waals surface area contributed by atoms with E-state index in [0.29, 0.717) is 0 Å². The number of hydrogen-bond donors (Lipinski definition) is 2. The Bertz CT molecular complexity index is 606. The normalized spacial score (nSPS) is 10.6. The van der Waals surface area contributed by atoms with Crippen LogP contribution in [0.25, 0.3) is 5.69 Å². The zero-order valence-corrected chi connectivity index (χ0v) is 11.4. The summed E-state index contributed by atoms with van der Waals surface area (Å²) in [5, 5.41) is 4.12. The van der Waals surface area contributed by atoms with Gasteiger partial charge < -0.3 is 11.5 Å². The van der Waals surface area contributed by atoms with Crippen LogP contribution in [-0.4, -0.2) is 15.7 Å². The number of aromatic nitrogens is 2. The van der Waals surface area contributed by atoms with Crippen LogP contribution < -0.4 is 11.5 Å². The number of primary amides is 1. The van der Waals surface area contributed by atoms with E-state index in [1.54, 1.807) is 10.9 Å². The van der Waals surface area contributed by atoms with Gasteiger partial charge in [-0.15, -0.1) is 0 Å². The fourth-order valence-electron chi connectivity index (χ4n) is 1.76. The highest BCUT2D eigenvalue weighted by molar-refractivity contribution is 9.10. The van der Waals surface area contributed by atoms with E-state index in [2.05, 4.69) is 21.0 Å². The molecule has 4 N–H and O–H groups in total. The quantitative estimate of drug-likeness (QED) is 0.907. The van der Waals surface area contributed by atoms with E-state index >= 15 is 0 Å². The number of halogens is 1. The second-order valence-electron chi connectivity index (χ2n) is 3.87. The number of carbonyl (C=O) groups is 1. The third-order valence-electron chi connectivity index (χ3n) is 2.65. The minimum Gasteiger partial charge on any atom is -0.396 e. The fraction of sp³-hybridized carbons (Fsp3) is 0.167. The average Bonchev–Trinajstić information content (AvgIpc) is 2.71. The van der Waals surface area contributed by atoms with Crippen molar-refractivity contribution >= 4 is 27.5 Å². The maximum atomic E-state index is 11.1. The third kappa shape index (κ3) is 2.24. The van der Waals surface area contributed by atoms with Gasteiger partial charge in [-0.05, 0) is 30.2 Å². The molecule has 1 amide bonds. The van der Waals surface area contributed by atoms with Gasteiger partial charge in [0.2, 0.25) is 0 Å². The number of nitrogens with zero attached hydrogens (tertiary/aromatic N) is 2. The molecular formula is C12H13BrN4O. The minimum atomic E-state index is -0.624. The van der Waals surface area contributed by atoms with Gasteiger partial charge in [0.25, 0.3) is 5.91 Å². The molecule has 0 fully saturated rings. The Balaban J connectivity index is 2.55. The molecule has 1 aromatic heterocycles. The van der Waals surface area contributed by atoms with Crippen LogP contribution in [-0.2, 0) is 6.42 Å². The Morgan fingerprint density at radius 3 is 2.78 bits per heavy atom. The van der Waals surface area contributed by atoms with Crippen molar-refractivity contribution in [3.05, 3.63) is 40.1 Å². The lowest BCUT2D eigenvalue weighted by Crippen LogP contribution is -2.14. The van der Waals surface area contributed by atoms with Gasteiger partial charge in [0.05, 0.1) is 17.6 Å². The first kappa shape index (κ1) is 12.6. The molecule has 1 heterocycles. The van der Waals surface area contributed by atoms with Crippen LogP contribution >= 0.6 is 15.9 Å². The van der Waals surface area contributed by atoms with Gasteiger partial charge in [0.15, 0.2) is 5.69 Å². The highest BCUT2D eigenvalue weighted by atomic mass is 79.9. The Morgan fingerprint density at radius 2 is 2.22 bits per heavy atom. The summed E-state index contributed by atoms with van der Waals surface area (Å²) >= 11 is 3.42. The van der Waals surface area contributed by atoms with Gasteiger partial charge in [0.1, 0.15) is 0 Å². The molecule has 5 nitrogen and oxygen atoms in total. The van der Waals surface area contributed by atoms with E-state index in [4.69, 9.17) is 11.5 Å². The Morgan fingerprint density at radius 1 is 1.50 bits per heavy atom. The van der Waals surface area contributed by atoms with Gasteiger partial charge >= 0.3 is 0 Å². The summed E-state index contributed by atoms with van der Waals surface area (Å²) in [6.07, 6.45) is 2.45. The second-order valence-corrected chi connectivity index (χ2v) is 4.78. The number of nitrogen functional groups attached to an aromatic ring is 1. The summed E-state index contributed by atoms with van der Waals surface area (Å²) < 4.78 is 2.58. The predicted octanol–water partition coefficient (Wildman–Crippen LogP) is 1.88. The standard InChI is InChI=1S/C12H13BrN4O/c1-2-7-5-8(13)3-4-10(7)17-6-9(14)11(16-17)12(15)18/h3-6H,2,14H2,1H3,(H2,15,18). The van der Waals surface area contributed by atoms with E-state index in [1.165, 1.54) is 0 Å². The lowest BCUT2D eigenvalue weighted by molar-refractivity contribution is 0.0996. The van der Waals surface area contributed by atoms with Crippen LogP contribution in [0.15, 0.2) is 28.9 Å². The number of nitrogens with two attached hydrogens (primary N) is 2. The summed E-state index contributed by atoms with van der Waals surface area (Å²) in [6.45, 7) is 2.05. The number of amides is 1. The van der Waals surface area contributed by atoms with E-state index in [1.807, 2.05) is 25.1 Å². The van der Waals surface area contributed by atoms with Gasteiger partial charge in [-0.1, -0.05) is 22.9 Å². The van der Waals surface area contributed by atoms with Crippen LogP contribution in [0.3, 0.4) is 0 Å². The molecule has 0 aliphatic rings. The average molecular weight is 309 g/mol. The van der Waals surface area contributed by atoms with Gasteiger partial charge in [-0.25, -0.2) is 4.68 Å². The molecule has 0 atom stereocenters. The largest absolute Gasteiger partial charge is 0.396 e. The molecule has 6 heteroatoms. The molecule has 18 heavy (non-hydrogen) atoms. The first-order valence-electron chi connectivity index (χ1n) is 5.46. The maximum Gasteiger partial charge on any atom is 0.271 e. The van der Waals surface area contributed by atoms with Crippen LogP contribution in [0.2, 0.25) is 0 Å². The van der Waals surface area contributed by atoms with Gasteiger partial charge in [-0.3, -0.25) is 4.79 Å². The third-order valence-corrected chi connectivity index (χ3v) is 3.14. The van der Waals surface area contributed by atoms with Crippen molar-refractivity contribution in [1.29, 1.82) is 0 Å². The molecule has 2 rings (SSSR count). The Kier molecular flexibility index (Phi) is 3.38. The number of carbonyl (C=O) groups excluding carboxylic acids is 1. The minimum absolute atomic E-state index is 0.0972. The number of anilines is 1. The number of benzene rings is 1. The first-order chi connectivity index (χ1) is 8.52. The molecule has 0 radical (unpaired) electrons. The summed E-state index contributed by atoms with van der Waals surface area (Å²) in [5.74, 6) is -0.624. The molecule has 2 aromatic rings. The Hall–Kier alpha value is -1.82. The molecule has 94 valence electrons. The molecule has 0 aliphatic carbocycles. The molecule has 1 aromatic carbocycles. The van der Waals surface area contributed by atoms with Gasteiger partial charge in [-0.2, -0.15) is 5.10 Å². The molecule has 0 saturated heterocycles. The van der Waals surface area contributed by atoms with Crippen LogP contribution in [0.5, 0.6) is 0 Å². The molecule has 0 saturated carbocycles. The van der Waals surface area contributed by atoms with Gasteiger partial charge in [0, 0.05) is 4.47 Å². The zero-order chi connectivity index (χ0) is 13.3. The molecule has 0 unspecified atom stereocenters. The van der Waals surface area contributed by atoms with Crippen molar-refractivity contribution in [2.45, 2.75) is 13.3 Å². The number of hydrogen-bond acceptors (Lipinski definition) is 3. The van der Waals surface area contributed by atoms with Crippen LogP contribution in [0, 0.1) is 0 Å². The second kappa shape index (κ2) is 4.81. The summed E-state index contributed by atoms with van der Waals surface area (Å²) in [7, 11) is 0. The van der Waals surface area contributed by atoms with Crippen molar-refractivity contribution in [3.8, 4) is 5.69 Å². The topological polar surface area (TPSA) is 86.9 Å². The first-order valence-corrected chi connectivity index (χ1v) is 6.26. The van der Waals surface area contributed by atoms with Crippen LogP contribution in [0.1, 0.15) is 23.0 Å². The highest BCUT2D eigenvalue weighted by Crippen LogP contribution is 2.22. The molecule has 0 bridgehead atoms. The van der Waals surface area contributed by atoms with Crippen molar-refractivity contribution in [3.63, 3.8) is 0 Å². The van der Waals surface area contributed by atoms with E-state index in [0.717, 1.165) is 22.1 Å². The molecular weight excluding hydrogens is 296 g/mol. The van der Waals surface area contributed by atoms with E-state index in [9.17, 15) is 4.79 Å². The number of aryl methyl sites for hydroxylation is 1. The lowest BCUT2D eigenvalue weighted by Gasteiger charge is -2.08. The predicted molar refractivity (Wildman–Crippen MR) is 73.6 cm³/mol. The summed E-state index contributed by atoms with van der Waals surface area (Å²) in [4.78, 5) is 11.1. The van der Waals surface area contributed by atoms with E-state index in [-0.39, 0.29) is 11.4 Å². The lowest BCUT2D eigenvalue weighted by atomic mass is 10.1. The van der Waals surface area contributed by atoms with Crippen molar-refractivity contribution < 1.29 is 4.79 Å². The summed E-state index contributed by atoms with van der Waals surface area (Å²) in [5.41, 5.74) is 13.3. The van der Waals surface area contributed by atoms with Crippen LogP contribution in [0.4, 0.5) is 5.69 Å². The maximum absolute atomic E-state index is 11.1. The van der Waals surface area contributed by atoms with Crippen molar-refractivity contribution in [2.24, 2.45) is 5.73 Å². The van der Waals surface area contributed by atoms with E-state index < -0.39 is 5.91 Å². The fourth-order valence-corrected chi connectivity index (χ4v) is 2.17. The highest BCUT2D eigenvalue weighted by Gasteiger charge is 2.13. The molecule has 0 aliphatic heterocycles. The Labute approximate surface area is 113 Å². The van der Waals surface area contributed by atoms with Crippen molar-refractivity contribution in [2.75, 3.05) is 5.73 Å². The SMILES string of the molecule is CCc1cc(Br)ccc1-n1cc(N)c(C(N)=O)n1. The monoisotopic (exact) mass is 308 g/mol. The smallest absolute Gasteiger partial charge is 0.271 e.